The molecule has 0 bridgehead atoms. The van der Waals surface area contributed by atoms with E-state index in [0.29, 0.717) is 11.1 Å². The summed E-state index contributed by atoms with van der Waals surface area (Å²) in [7, 11) is 8.14. The normalized spacial score (nSPS) is 10.7. The molecule has 0 saturated heterocycles. The van der Waals surface area contributed by atoms with E-state index in [0.717, 1.165) is 0 Å². The predicted molar refractivity (Wildman–Crippen MR) is 154 cm³/mol. The summed E-state index contributed by atoms with van der Waals surface area (Å²) >= 11 is 26.5. The van der Waals surface area contributed by atoms with E-state index in [1.165, 1.54) is 42.7 Å². The second-order valence-corrected chi connectivity index (χ2v) is 9.72. The third-order valence-corrected chi connectivity index (χ3v) is 7.60. The molecule has 3 aromatic carbocycles. The number of ether oxygens (including phenoxy) is 6. The standard InChI is InChI=1S/C28H25Cl4O8/c1-11-9-10-12(2)14(22(34)16-19(31)25(37-5)28(40-8)26(38-6)20(16)32)13(11)21(33)15-17(29)23(35-3)27(39-7)24(36-4)18(15)30/h9H,1-8H3. The second-order valence-electron chi connectivity index (χ2n) is 8.21. The number of rotatable bonds is 10. The van der Waals surface area contributed by atoms with Crippen LogP contribution in [0.15, 0.2) is 6.07 Å². The molecule has 0 atom stereocenters. The summed E-state index contributed by atoms with van der Waals surface area (Å²) in [4.78, 5) is 28.5. The fraction of sp³-hybridized carbons (Fsp3) is 0.286. The van der Waals surface area contributed by atoms with Crippen LogP contribution in [0.25, 0.3) is 0 Å². The molecule has 0 heterocycles. The van der Waals surface area contributed by atoms with E-state index in [4.69, 9.17) is 74.8 Å². The van der Waals surface area contributed by atoms with Gasteiger partial charge >= 0.3 is 0 Å². The molecule has 0 amide bonds. The highest BCUT2D eigenvalue weighted by Gasteiger charge is 2.35. The minimum atomic E-state index is -0.699. The maximum absolute atomic E-state index is 14.2. The summed E-state index contributed by atoms with van der Waals surface area (Å²) < 4.78 is 32.3. The number of halogens is 4. The van der Waals surface area contributed by atoms with Crippen LogP contribution in [0.5, 0.6) is 34.5 Å². The second kappa shape index (κ2) is 12.6. The Morgan fingerprint density at radius 1 is 0.525 bits per heavy atom. The Labute approximate surface area is 251 Å². The highest BCUT2D eigenvalue weighted by Crippen LogP contribution is 2.52. The van der Waals surface area contributed by atoms with Gasteiger partial charge in [0, 0.05) is 11.1 Å². The van der Waals surface area contributed by atoms with Gasteiger partial charge in [-0.3, -0.25) is 9.59 Å². The molecule has 0 unspecified atom stereocenters. The first-order valence-electron chi connectivity index (χ1n) is 11.4. The lowest BCUT2D eigenvalue weighted by atomic mass is 9.86. The average molecular weight is 631 g/mol. The zero-order chi connectivity index (χ0) is 30.0. The summed E-state index contributed by atoms with van der Waals surface area (Å²) in [5.41, 5.74) is 0.349. The van der Waals surface area contributed by atoms with Crippen LogP contribution in [0.3, 0.4) is 0 Å². The Morgan fingerprint density at radius 3 is 1.12 bits per heavy atom. The minimum absolute atomic E-state index is 0.0137. The van der Waals surface area contributed by atoms with E-state index in [9.17, 15) is 9.59 Å². The number of benzene rings is 3. The van der Waals surface area contributed by atoms with E-state index in [2.05, 4.69) is 6.07 Å². The number of aryl methyl sites for hydroxylation is 2. The molecule has 40 heavy (non-hydrogen) atoms. The van der Waals surface area contributed by atoms with Crippen LogP contribution >= 0.6 is 46.4 Å². The molecular formula is C28H25Cl4O8. The molecule has 0 aliphatic carbocycles. The maximum Gasteiger partial charge on any atom is 0.206 e. The fourth-order valence-corrected chi connectivity index (χ4v) is 5.79. The van der Waals surface area contributed by atoms with Crippen molar-refractivity contribution in [2.45, 2.75) is 13.8 Å². The van der Waals surface area contributed by atoms with E-state index >= 15 is 0 Å². The summed E-state index contributed by atoms with van der Waals surface area (Å²) in [5.74, 6) is -1.11. The van der Waals surface area contributed by atoms with Crippen LogP contribution in [0.1, 0.15) is 43.0 Å². The highest BCUT2D eigenvalue weighted by atomic mass is 35.5. The van der Waals surface area contributed by atoms with Crippen molar-refractivity contribution in [2.75, 3.05) is 42.7 Å². The van der Waals surface area contributed by atoms with Gasteiger partial charge in [-0.1, -0.05) is 52.5 Å². The monoisotopic (exact) mass is 629 g/mol. The van der Waals surface area contributed by atoms with Gasteiger partial charge in [0.05, 0.1) is 73.9 Å². The first-order valence-corrected chi connectivity index (χ1v) is 12.9. The third kappa shape index (κ3) is 4.98. The molecule has 0 fully saturated rings. The number of hydrogen-bond donors (Lipinski definition) is 0. The van der Waals surface area contributed by atoms with Gasteiger partial charge in [-0.25, -0.2) is 0 Å². The van der Waals surface area contributed by atoms with Gasteiger partial charge in [0.25, 0.3) is 0 Å². The predicted octanol–water partition coefficient (Wildman–Crippen LogP) is 7.23. The van der Waals surface area contributed by atoms with Gasteiger partial charge < -0.3 is 28.4 Å². The van der Waals surface area contributed by atoms with E-state index < -0.39 is 11.6 Å². The van der Waals surface area contributed by atoms with Crippen molar-refractivity contribution in [3.05, 3.63) is 65.6 Å². The number of carbonyl (C=O) groups is 2. The van der Waals surface area contributed by atoms with Crippen LogP contribution in [-0.4, -0.2) is 54.2 Å². The van der Waals surface area contributed by atoms with Crippen LogP contribution in [0.4, 0.5) is 0 Å². The van der Waals surface area contributed by atoms with Crippen molar-refractivity contribution >= 4 is 58.0 Å². The fourth-order valence-electron chi connectivity index (χ4n) is 4.32. The van der Waals surface area contributed by atoms with Crippen LogP contribution in [0, 0.1) is 19.9 Å². The van der Waals surface area contributed by atoms with Crippen molar-refractivity contribution in [3.63, 3.8) is 0 Å². The topological polar surface area (TPSA) is 89.5 Å². The molecule has 8 nitrogen and oxygen atoms in total. The Morgan fingerprint density at radius 2 is 0.825 bits per heavy atom. The largest absolute Gasteiger partial charge is 0.491 e. The molecule has 3 rings (SSSR count). The van der Waals surface area contributed by atoms with Crippen molar-refractivity contribution in [3.8, 4) is 34.5 Å². The van der Waals surface area contributed by atoms with Crippen LogP contribution < -0.4 is 28.4 Å². The molecule has 0 aliphatic heterocycles. The van der Waals surface area contributed by atoms with Gasteiger partial charge in [0.2, 0.25) is 11.5 Å². The van der Waals surface area contributed by atoms with Crippen LogP contribution in [-0.2, 0) is 0 Å². The average Bonchev–Trinajstić information content (AvgIpc) is 2.93. The van der Waals surface area contributed by atoms with Gasteiger partial charge in [0.1, 0.15) is 0 Å². The molecule has 0 saturated carbocycles. The highest BCUT2D eigenvalue weighted by molar-refractivity contribution is 6.45. The first kappa shape index (κ1) is 31.5. The number of methoxy groups -OCH3 is 6. The summed E-state index contributed by atoms with van der Waals surface area (Å²) in [6.07, 6.45) is 0. The van der Waals surface area contributed by atoms with E-state index in [1.54, 1.807) is 19.9 Å². The molecule has 213 valence electrons. The van der Waals surface area contributed by atoms with E-state index in [-0.39, 0.29) is 76.8 Å². The Bertz CT molecular complexity index is 1340. The quantitative estimate of drug-likeness (QED) is 0.217. The van der Waals surface area contributed by atoms with Crippen molar-refractivity contribution in [1.29, 1.82) is 0 Å². The molecule has 12 heteroatoms. The van der Waals surface area contributed by atoms with Crippen molar-refractivity contribution in [2.24, 2.45) is 0 Å². The molecule has 0 spiro atoms. The lowest BCUT2D eigenvalue weighted by Crippen LogP contribution is -2.17. The zero-order valence-corrected chi connectivity index (χ0v) is 25.9. The SMILES string of the molecule is COc1c(Cl)c(C(=O)c2c(C)[c]cc(C)c2C(=O)c2c(Cl)c(OC)c(OC)c(OC)c2Cl)c(Cl)c(OC)c1OC. The van der Waals surface area contributed by atoms with Crippen molar-refractivity contribution in [1.82, 2.24) is 0 Å². The molecule has 0 N–H and O–H groups in total. The summed E-state index contributed by atoms with van der Waals surface area (Å²) in [6.45, 7) is 3.25. The Balaban J connectivity index is 2.42. The summed E-state index contributed by atoms with van der Waals surface area (Å²) in [6, 6.07) is 4.56. The van der Waals surface area contributed by atoms with Crippen LogP contribution in [0.2, 0.25) is 20.1 Å². The number of hydrogen-bond acceptors (Lipinski definition) is 8. The Kier molecular flexibility index (Phi) is 9.95. The smallest absolute Gasteiger partial charge is 0.206 e. The summed E-state index contributed by atoms with van der Waals surface area (Å²) in [5, 5.41) is -0.554. The van der Waals surface area contributed by atoms with E-state index in [1.807, 2.05) is 0 Å². The lowest BCUT2D eigenvalue weighted by molar-refractivity contribution is 0.100. The molecule has 0 aliphatic rings. The molecule has 0 aromatic heterocycles. The first-order chi connectivity index (χ1) is 19.0. The van der Waals surface area contributed by atoms with Gasteiger partial charge in [-0.05, 0) is 31.0 Å². The van der Waals surface area contributed by atoms with Gasteiger partial charge in [0.15, 0.2) is 34.6 Å². The molecule has 1 radical (unpaired) electrons. The molecule has 3 aromatic rings. The van der Waals surface area contributed by atoms with Gasteiger partial charge in [-0.15, -0.1) is 0 Å². The molecular weight excluding hydrogens is 606 g/mol. The lowest BCUT2D eigenvalue weighted by Gasteiger charge is -2.21. The maximum atomic E-state index is 14.2. The zero-order valence-electron chi connectivity index (χ0n) is 22.9. The Hall–Kier alpha value is -3.04. The van der Waals surface area contributed by atoms with Crippen molar-refractivity contribution < 1.29 is 38.0 Å². The number of carbonyl (C=O) groups excluding carboxylic acids is 2. The third-order valence-electron chi connectivity index (χ3n) is 6.16. The van der Waals surface area contributed by atoms with Gasteiger partial charge in [-0.2, -0.15) is 0 Å². The number of ketones is 2. The minimum Gasteiger partial charge on any atom is -0.491 e.